The summed E-state index contributed by atoms with van der Waals surface area (Å²) in [4.78, 5) is -0.0926. The normalized spacial score (nSPS) is 11.4. The minimum Gasteiger partial charge on any atom is -0.493 e. The zero-order valence-corrected chi connectivity index (χ0v) is 11.6. The lowest BCUT2D eigenvalue weighted by atomic mass is 10.1. The molecule has 0 aliphatic rings. The molecule has 3 nitrogen and oxygen atoms in total. The van der Waals surface area contributed by atoms with Gasteiger partial charge in [0.15, 0.2) is 0 Å². The fourth-order valence-corrected chi connectivity index (χ4v) is 1.73. The number of hydrogen-bond acceptors (Lipinski definition) is 3. The number of alkyl halides is 3. The topological polar surface area (TPSA) is 55.5 Å². The summed E-state index contributed by atoms with van der Waals surface area (Å²) >= 11 is 4.67. The summed E-state index contributed by atoms with van der Waals surface area (Å²) in [6.07, 6.45) is -2.64. The predicted molar refractivity (Wildman–Crippen MR) is 73.8 cm³/mol. The van der Waals surface area contributed by atoms with Crippen LogP contribution in [-0.4, -0.2) is 23.3 Å². The van der Waals surface area contributed by atoms with Gasteiger partial charge in [-0.25, -0.2) is 0 Å². The first kappa shape index (κ1) is 16.7. The van der Waals surface area contributed by atoms with E-state index in [-0.39, 0.29) is 29.5 Å². The number of nitrogens with two attached hydrogens (primary N) is 1. The second-order valence-electron chi connectivity index (χ2n) is 4.21. The van der Waals surface area contributed by atoms with Crippen molar-refractivity contribution in [3.8, 4) is 5.75 Å². The third-order valence-electron chi connectivity index (χ3n) is 2.63. The maximum atomic E-state index is 12.9. The van der Waals surface area contributed by atoms with Gasteiger partial charge in [-0.05, 0) is 37.5 Å². The number of ether oxygens (including phenoxy) is 1. The zero-order valence-electron chi connectivity index (χ0n) is 10.7. The zero-order chi connectivity index (χ0) is 15.2. The van der Waals surface area contributed by atoms with E-state index in [0.29, 0.717) is 19.3 Å². The van der Waals surface area contributed by atoms with Crippen molar-refractivity contribution in [1.29, 1.82) is 0 Å². The van der Waals surface area contributed by atoms with Crippen molar-refractivity contribution in [2.75, 3.05) is 13.2 Å². The Morgan fingerprint density at radius 3 is 2.50 bits per heavy atom. The van der Waals surface area contributed by atoms with Gasteiger partial charge in [0.1, 0.15) is 10.7 Å². The lowest BCUT2D eigenvalue weighted by Gasteiger charge is -2.15. The van der Waals surface area contributed by atoms with Crippen molar-refractivity contribution in [2.24, 2.45) is 5.73 Å². The number of aliphatic hydroxyl groups is 1. The van der Waals surface area contributed by atoms with E-state index in [0.717, 1.165) is 6.07 Å². The Balaban J connectivity index is 2.81. The second-order valence-corrected chi connectivity index (χ2v) is 4.65. The molecule has 1 rings (SSSR count). The number of thiocarbonyl (C=S) groups is 1. The summed E-state index contributed by atoms with van der Waals surface area (Å²) in [5.74, 6) is -0.235. The molecular formula is C13H16F3NO2S. The molecule has 1 aromatic rings. The van der Waals surface area contributed by atoms with Gasteiger partial charge < -0.3 is 15.6 Å². The predicted octanol–water partition coefficient (Wildman–Crippen LogP) is 2.88. The smallest absolute Gasteiger partial charge is 0.419 e. The molecule has 20 heavy (non-hydrogen) atoms. The Bertz CT molecular complexity index is 463. The number of benzene rings is 1. The minimum absolute atomic E-state index is 0.0659. The molecule has 0 spiro atoms. The second kappa shape index (κ2) is 7.44. The highest BCUT2D eigenvalue weighted by Crippen LogP contribution is 2.36. The van der Waals surface area contributed by atoms with Crippen LogP contribution in [0, 0.1) is 0 Å². The Labute approximate surface area is 120 Å². The van der Waals surface area contributed by atoms with Gasteiger partial charge in [-0.2, -0.15) is 13.2 Å². The van der Waals surface area contributed by atoms with Crippen molar-refractivity contribution in [1.82, 2.24) is 0 Å². The third kappa shape index (κ3) is 4.97. The molecule has 0 bridgehead atoms. The summed E-state index contributed by atoms with van der Waals surface area (Å²) in [5, 5.41) is 8.60. The average Bonchev–Trinajstić information content (AvgIpc) is 2.37. The Morgan fingerprint density at radius 2 is 1.95 bits per heavy atom. The molecule has 0 aromatic heterocycles. The Morgan fingerprint density at radius 1 is 1.25 bits per heavy atom. The largest absolute Gasteiger partial charge is 0.493 e. The molecule has 7 heteroatoms. The molecule has 1 aromatic carbocycles. The van der Waals surface area contributed by atoms with Gasteiger partial charge in [0.2, 0.25) is 0 Å². The highest BCUT2D eigenvalue weighted by Gasteiger charge is 2.34. The van der Waals surface area contributed by atoms with Crippen molar-refractivity contribution in [3.63, 3.8) is 0 Å². The van der Waals surface area contributed by atoms with Gasteiger partial charge in [-0.1, -0.05) is 12.2 Å². The SMILES string of the molecule is NC(=S)c1ccc(OCCCCCO)c(C(F)(F)F)c1. The molecule has 0 saturated heterocycles. The van der Waals surface area contributed by atoms with E-state index >= 15 is 0 Å². The summed E-state index contributed by atoms with van der Waals surface area (Å²) in [5.41, 5.74) is 4.60. The first-order valence-corrected chi connectivity index (χ1v) is 6.52. The number of aliphatic hydroxyl groups excluding tert-OH is 1. The first-order valence-electron chi connectivity index (χ1n) is 6.11. The van der Waals surface area contributed by atoms with Crippen LogP contribution in [0.15, 0.2) is 18.2 Å². The minimum atomic E-state index is -4.53. The van der Waals surface area contributed by atoms with Gasteiger partial charge in [-0.3, -0.25) is 0 Å². The van der Waals surface area contributed by atoms with E-state index in [4.69, 9.17) is 15.6 Å². The maximum absolute atomic E-state index is 12.9. The van der Waals surface area contributed by atoms with Crippen LogP contribution in [0.2, 0.25) is 0 Å². The van der Waals surface area contributed by atoms with Crippen LogP contribution >= 0.6 is 12.2 Å². The maximum Gasteiger partial charge on any atom is 0.419 e. The van der Waals surface area contributed by atoms with Gasteiger partial charge in [0, 0.05) is 12.2 Å². The molecule has 0 unspecified atom stereocenters. The van der Waals surface area contributed by atoms with Crippen molar-refractivity contribution >= 4 is 17.2 Å². The van der Waals surface area contributed by atoms with Crippen LogP contribution in [0.3, 0.4) is 0 Å². The van der Waals surface area contributed by atoms with E-state index in [9.17, 15) is 13.2 Å². The monoisotopic (exact) mass is 307 g/mol. The molecule has 0 amide bonds. The fraction of sp³-hybridized carbons (Fsp3) is 0.462. The highest BCUT2D eigenvalue weighted by atomic mass is 32.1. The van der Waals surface area contributed by atoms with Crippen LogP contribution in [0.5, 0.6) is 5.75 Å². The van der Waals surface area contributed by atoms with Crippen LogP contribution in [0.25, 0.3) is 0 Å². The quantitative estimate of drug-likeness (QED) is 0.601. The van der Waals surface area contributed by atoms with E-state index in [1.54, 1.807) is 0 Å². The molecule has 3 N–H and O–H groups in total. The summed E-state index contributed by atoms with van der Waals surface area (Å²) < 4.78 is 43.9. The van der Waals surface area contributed by atoms with Crippen LogP contribution in [0.1, 0.15) is 30.4 Å². The van der Waals surface area contributed by atoms with E-state index in [2.05, 4.69) is 12.2 Å². The number of halogens is 3. The lowest BCUT2D eigenvalue weighted by Crippen LogP contribution is -2.14. The number of hydrogen-bond donors (Lipinski definition) is 2. The van der Waals surface area contributed by atoms with Crippen LogP contribution in [-0.2, 0) is 6.18 Å². The van der Waals surface area contributed by atoms with Crippen molar-refractivity contribution in [3.05, 3.63) is 29.3 Å². The van der Waals surface area contributed by atoms with Crippen LogP contribution < -0.4 is 10.5 Å². The van der Waals surface area contributed by atoms with Crippen LogP contribution in [0.4, 0.5) is 13.2 Å². The molecule has 0 aliphatic heterocycles. The summed E-state index contributed by atoms with van der Waals surface area (Å²) in [6.45, 7) is 0.228. The first-order chi connectivity index (χ1) is 9.36. The van der Waals surface area contributed by atoms with Gasteiger partial charge >= 0.3 is 6.18 Å². The molecule has 0 fully saturated rings. The number of unbranched alkanes of at least 4 members (excludes halogenated alkanes) is 2. The van der Waals surface area contributed by atoms with Gasteiger partial charge in [0.25, 0.3) is 0 Å². The van der Waals surface area contributed by atoms with Gasteiger partial charge in [-0.15, -0.1) is 0 Å². The molecule has 112 valence electrons. The van der Waals surface area contributed by atoms with E-state index in [1.807, 2.05) is 0 Å². The lowest BCUT2D eigenvalue weighted by molar-refractivity contribution is -0.139. The van der Waals surface area contributed by atoms with E-state index < -0.39 is 11.7 Å². The summed E-state index contributed by atoms with van der Waals surface area (Å²) in [6, 6.07) is 3.52. The van der Waals surface area contributed by atoms with Crippen molar-refractivity contribution < 1.29 is 23.0 Å². The van der Waals surface area contributed by atoms with E-state index in [1.165, 1.54) is 12.1 Å². The molecule has 0 radical (unpaired) electrons. The Kier molecular flexibility index (Phi) is 6.22. The molecule has 0 aliphatic carbocycles. The highest BCUT2D eigenvalue weighted by molar-refractivity contribution is 7.80. The Hall–Kier alpha value is -1.34. The van der Waals surface area contributed by atoms with Gasteiger partial charge in [0.05, 0.1) is 12.2 Å². The fourth-order valence-electron chi connectivity index (χ4n) is 1.60. The standard InChI is InChI=1S/C13H16F3NO2S/c14-13(15,16)10-8-9(12(17)20)4-5-11(10)19-7-3-1-2-6-18/h4-5,8,18H,1-3,6-7H2,(H2,17,20). The molecular weight excluding hydrogens is 291 g/mol. The number of rotatable bonds is 7. The molecule has 0 heterocycles. The van der Waals surface area contributed by atoms with Crippen molar-refractivity contribution in [2.45, 2.75) is 25.4 Å². The molecule has 0 saturated carbocycles. The summed E-state index contributed by atoms with van der Waals surface area (Å²) in [7, 11) is 0. The third-order valence-corrected chi connectivity index (χ3v) is 2.87. The molecule has 0 atom stereocenters. The average molecular weight is 307 g/mol.